The van der Waals surface area contributed by atoms with E-state index in [-0.39, 0.29) is 11.7 Å². The molecule has 1 aromatic carbocycles. The molecule has 1 aliphatic heterocycles. The third kappa shape index (κ3) is 3.88. The van der Waals surface area contributed by atoms with Crippen LogP contribution in [-0.2, 0) is 0 Å². The highest BCUT2D eigenvalue weighted by Crippen LogP contribution is 2.13. The van der Waals surface area contributed by atoms with Gasteiger partial charge >= 0.3 is 6.03 Å². The number of hydrogen-bond donors (Lipinski definition) is 2. The molecule has 0 spiro atoms. The van der Waals surface area contributed by atoms with Gasteiger partial charge in [0.25, 0.3) is 0 Å². The summed E-state index contributed by atoms with van der Waals surface area (Å²) in [6.07, 6.45) is 0. The van der Waals surface area contributed by atoms with Crippen molar-refractivity contribution in [2.45, 2.75) is 0 Å². The Bertz CT molecular complexity index is 503. The summed E-state index contributed by atoms with van der Waals surface area (Å²) in [6, 6.07) is 5.83. The smallest absolute Gasteiger partial charge is 0.322 e. The number of hydrogen-bond acceptors (Lipinski definition) is 3. The molecule has 3 N–H and O–H groups in total. The minimum Gasteiger partial charge on any atom is -0.392 e. The highest BCUT2D eigenvalue weighted by Gasteiger charge is 2.21. The van der Waals surface area contributed by atoms with Gasteiger partial charge in [-0.3, -0.25) is 4.90 Å². The number of amides is 2. The number of thiocarbonyl (C=S) groups is 1. The molecule has 108 valence electrons. The van der Waals surface area contributed by atoms with Crippen molar-refractivity contribution in [2.24, 2.45) is 5.73 Å². The summed E-state index contributed by atoms with van der Waals surface area (Å²) in [6.45, 7) is 3.13. The molecule has 1 fully saturated rings. The molecule has 0 radical (unpaired) electrons. The monoisotopic (exact) mass is 296 g/mol. The molecular weight excluding hydrogens is 279 g/mol. The number of halogens is 1. The van der Waals surface area contributed by atoms with Crippen LogP contribution in [0.3, 0.4) is 0 Å². The van der Waals surface area contributed by atoms with Crippen LogP contribution in [0.5, 0.6) is 0 Å². The van der Waals surface area contributed by atoms with E-state index in [4.69, 9.17) is 18.0 Å². The third-order valence-corrected chi connectivity index (χ3v) is 3.28. The molecule has 1 aromatic rings. The molecular formula is C13H17FN4OS. The Balaban J connectivity index is 1.86. The van der Waals surface area contributed by atoms with Crippen LogP contribution in [0, 0.1) is 5.82 Å². The van der Waals surface area contributed by atoms with Gasteiger partial charge in [-0.25, -0.2) is 9.18 Å². The fraction of sp³-hybridized carbons (Fsp3) is 0.385. The summed E-state index contributed by atoms with van der Waals surface area (Å²) < 4.78 is 13.5. The summed E-state index contributed by atoms with van der Waals surface area (Å²) in [5.74, 6) is -0.437. The zero-order chi connectivity index (χ0) is 14.5. The Morgan fingerprint density at radius 2 is 1.95 bits per heavy atom. The number of nitrogens with zero attached hydrogens (tertiary/aromatic N) is 2. The molecule has 0 aromatic heterocycles. The Morgan fingerprint density at radius 1 is 1.30 bits per heavy atom. The first-order valence-corrected chi connectivity index (χ1v) is 6.78. The van der Waals surface area contributed by atoms with E-state index in [1.807, 2.05) is 0 Å². The van der Waals surface area contributed by atoms with Crippen molar-refractivity contribution in [3.05, 3.63) is 30.1 Å². The van der Waals surface area contributed by atoms with Crippen LogP contribution in [-0.4, -0.2) is 53.5 Å². The maximum atomic E-state index is 13.5. The van der Waals surface area contributed by atoms with Gasteiger partial charge < -0.3 is 16.0 Å². The van der Waals surface area contributed by atoms with Gasteiger partial charge in [0.1, 0.15) is 5.82 Å². The molecule has 5 nitrogen and oxygen atoms in total. The van der Waals surface area contributed by atoms with E-state index in [2.05, 4.69) is 10.2 Å². The molecule has 2 rings (SSSR count). The molecule has 0 unspecified atom stereocenters. The number of urea groups is 1. The number of piperazine rings is 1. The van der Waals surface area contributed by atoms with Crippen LogP contribution in [0.1, 0.15) is 0 Å². The Labute approximate surface area is 122 Å². The van der Waals surface area contributed by atoms with E-state index in [1.54, 1.807) is 17.0 Å². The number of nitrogens with one attached hydrogen (secondary N) is 1. The predicted molar refractivity (Wildman–Crippen MR) is 80.2 cm³/mol. The normalized spacial score (nSPS) is 15.9. The summed E-state index contributed by atoms with van der Waals surface area (Å²) in [4.78, 5) is 16.2. The van der Waals surface area contributed by atoms with Crippen LogP contribution >= 0.6 is 12.2 Å². The molecule has 1 saturated heterocycles. The van der Waals surface area contributed by atoms with Gasteiger partial charge in [-0.15, -0.1) is 0 Å². The molecule has 1 aliphatic rings. The Hall–Kier alpha value is -1.73. The van der Waals surface area contributed by atoms with E-state index >= 15 is 0 Å². The van der Waals surface area contributed by atoms with Crippen molar-refractivity contribution < 1.29 is 9.18 Å². The van der Waals surface area contributed by atoms with Crippen LogP contribution in [0.2, 0.25) is 0 Å². The van der Waals surface area contributed by atoms with Gasteiger partial charge in [-0.2, -0.15) is 0 Å². The van der Waals surface area contributed by atoms with Gasteiger partial charge in [-0.1, -0.05) is 24.4 Å². The summed E-state index contributed by atoms with van der Waals surface area (Å²) >= 11 is 4.86. The highest BCUT2D eigenvalue weighted by molar-refractivity contribution is 7.80. The number of rotatable bonds is 3. The van der Waals surface area contributed by atoms with Gasteiger partial charge in [0.05, 0.1) is 10.7 Å². The molecule has 7 heteroatoms. The number of anilines is 1. The second-order valence-electron chi connectivity index (χ2n) is 4.64. The van der Waals surface area contributed by atoms with Gasteiger partial charge in [-0.05, 0) is 12.1 Å². The molecule has 20 heavy (non-hydrogen) atoms. The van der Waals surface area contributed by atoms with E-state index in [9.17, 15) is 9.18 Å². The molecule has 1 heterocycles. The summed E-state index contributed by atoms with van der Waals surface area (Å²) in [5.41, 5.74) is 5.69. The Kier molecular flexibility index (Phi) is 4.86. The van der Waals surface area contributed by atoms with Crippen molar-refractivity contribution in [3.63, 3.8) is 0 Å². The molecule has 2 amide bonds. The number of carbonyl (C=O) groups excluding carboxylic acids is 1. The van der Waals surface area contributed by atoms with Crippen LogP contribution in [0.25, 0.3) is 0 Å². The summed E-state index contributed by atoms with van der Waals surface area (Å²) in [5, 5.41) is 2.58. The number of benzene rings is 1. The quantitative estimate of drug-likeness (QED) is 0.825. The lowest BCUT2D eigenvalue weighted by Gasteiger charge is -2.34. The van der Waals surface area contributed by atoms with Crippen LogP contribution in [0.4, 0.5) is 14.9 Å². The van der Waals surface area contributed by atoms with E-state index in [0.29, 0.717) is 37.7 Å². The molecule has 0 saturated carbocycles. The number of nitrogens with two attached hydrogens (primary N) is 1. The second-order valence-corrected chi connectivity index (χ2v) is 5.16. The maximum absolute atomic E-state index is 13.5. The lowest BCUT2D eigenvalue weighted by Crippen LogP contribution is -2.51. The summed E-state index contributed by atoms with van der Waals surface area (Å²) in [7, 11) is 0. The standard InChI is InChI=1S/C13H17FN4OS/c14-10-3-1-2-4-11(10)16-13(19)18-7-5-17(6-8-18)9-12(15)20/h1-4H,5-9H2,(H2,15,20)(H,16,19). The van der Waals surface area contributed by atoms with Crippen molar-refractivity contribution in [3.8, 4) is 0 Å². The van der Waals surface area contributed by atoms with Crippen molar-refractivity contribution in [1.82, 2.24) is 9.80 Å². The molecule has 0 bridgehead atoms. The fourth-order valence-electron chi connectivity index (χ4n) is 2.09. The molecule has 0 atom stereocenters. The number of para-hydroxylation sites is 1. The second kappa shape index (κ2) is 6.62. The average molecular weight is 296 g/mol. The highest BCUT2D eigenvalue weighted by atomic mass is 32.1. The predicted octanol–water partition coefficient (Wildman–Crippen LogP) is 1.26. The maximum Gasteiger partial charge on any atom is 0.322 e. The fourth-order valence-corrected chi connectivity index (χ4v) is 2.27. The zero-order valence-corrected chi connectivity index (χ0v) is 11.8. The topological polar surface area (TPSA) is 61.6 Å². The van der Waals surface area contributed by atoms with Crippen molar-refractivity contribution >= 4 is 28.9 Å². The minimum absolute atomic E-state index is 0.197. The van der Waals surface area contributed by atoms with E-state index < -0.39 is 5.82 Å². The zero-order valence-electron chi connectivity index (χ0n) is 11.0. The van der Waals surface area contributed by atoms with Crippen molar-refractivity contribution in [1.29, 1.82) is 0 Å². The van der Waals surface area contributed by atoms with Gasteiger partial charge in [0, 0.05) is 32.7 Å². The van der Waals surface area contributed by atoms with E-state index in [0.717, 1.165) is 0 Å². The third-order valence-electron chi connectivity index (χ3n) is 3.15. The minimum atomic E-state index is -0.437. The first-order chi connectivity index (χ1) is 9.56. The van der Waals surface area contributed by atoms with Gasteiger partial charge in [0.2, 0.25) is 0 Å². The largest absolute Gasteiger partial charge is 0.392 e. The van der Waals surface area contributed by atoms with Gasteiger partial charge in [0.15, 0.2) is 0 Å². The average Bonchev–Trinajstić information content (AvgIpc) is 2.41. The lowest BCUT2D eigenvalue weighted by molar-refractivity contribution is 0.158. The lowest BCUT2D eigenvalue weighted by atomic mass is 10.3. The van der Waals surface area contributed by atoms with Crippen molar-refractivity contribution in [2.75, 3.05) is 38.0 Å². The number of carbonyl (C=O) groups is 1. The molecule has 0 aliphatic carbocycles. The SMILES string of the molecule is NC(=S)CN1CCN(C(=O)Nc2ccccc2F)CC1. The first kappa shape index (κ1) is 14.7. The van der Waals surface area contributed by atoms with E-state index in [1.165, 1.54) is 12.1 Å². The van der Waals surface area contributed by atoms with Crippen LogP contribution < -0.4 is 11.1 Å². The van der Waals surface area contributed by atoms with Crippen LogP contribution in [0.15, 0.2) is 24.3 Å². The Morgan fingerprint density at radius 3 is 2.55 bits per heavy atom. The first-order valence-electron chi connectivity index (χ1n) is 6.37.